The van der Waals surface area contributed by atoms with Crippen LogP contribution in [0.2, 0.25) is 0 Å². The van der Waals surface area contributed by atoms with Crippen molar-refractivity contribution in [2.24, 2.45) is 5.73 Å². The number of carbonyl (C=O) groups excluding carboxylic acids is 2. The molecule has 0 spiro atoms. The van der Waals surface area contributed by atoms with Crippen LogP contribution >= 0.6 is 11.3 Å². The zero-order chi connectivity index (χ0) is 11.8. The van der Waals surface area contributed by atoms with Gasteiger partial charge in [-0.15, -0.1) is 11.3 Å². The number of hydroxylamine groups is 1. The molecule has 16 heavy (non-hydrogen) atoms. The van der Waals surface area contributed by atoms with Crippen LogP contribution in [0.3, 0.4) is 0 Å². The van der Waals surface area contributed by atoms with Crippen molar-refractivity contribution in [2.45, 2.75) is 19.3 Å². The summed E-state index contributed by atoms with van der Waals surface area (Å²) in [6, 6.07) is 4.02. The van der Waals surface area contributed by atoms with Crippen molar-refractivity contribution in [1.82, 2.24) is 5.48 Å². The van der Waals surface area contributed by atoms with Gasteiger partial charge in [-0.1, -0.05) is 6.07 Å². The van der Waals surface area contributed by atoms with Crippen LogP contribution in [0.15, 0.2) is 17.5 Å². The van der Waals surface area contributed by atoms with Gasteiger partial charge in [0.2, 0.25) is 11.8 Å². The highest BCUT2D eigenvalue weighted by Gasteiger charge is 2.02. The molecule has 5 nitrogen and oxygen atoms in total. The fourth-order valence-electron chi connectivity index (χ4n) is 1.12. The van der Waals surface area contributed by atoms with Crippen molar-refractivity contribution in [3.05, 3.63) is 22.4 Å². The molecule has 0 unspecified atom stereocenters. The molecule has 0 fully saturated rings. The van der Waals surface area contributed by atoms with Gasteiger partial charge < -0.3 is 5.73 Å². The fourth-order valence-corrected chi connectivity index (χ4v) is 1.87. The maximum Gasteiger partial charge on any atom is 0.246 e. The minimum atomic E-state index is -0.612. The third-order valence-corrected chi connectivity index (χ3v) is 2.74. The van der Waals surface area contributed by atoms with Crippen molar-refractivity contribution in [2.75, 3.05) is 6.61 Å². The van der Waals surface area contributed by atoms with E-state index in [-0.39, 0.29) is 12.5 Å². The molecule has 0 bridgehead atoms. The molecule has 0 aliphatic carbocycles. The van der Waals surface area contributed by atoms with Crippen molar-refractivity contribution >= 4 is 23.2 Å². The van der Waals surface area contributed by atoms with Crippen molar-refractivity contribution in [3.8, 4) is 0 Å². The summed E-state index contributed by atoms with van der Waals surface area (Å²) in [4.78, 5) is 27.3. The number of hydrogen-bond donors (Lipinski definition) is 2. The van der Waals surface area contributed by atoms with E-state index in [1.807, 2.05) is 17.5 Å². The molecule has 2 amide bonds. The molecule has 0 aliphatic heterocycles. The van der Waals surface area contributed by atoms with Crippen LogP contribution in [0.1, 0.15) is 17.7 Å². The normalized spacial score (nSPS) is 10.0. The third kappa shape index (κ3) is 5.47. The Morgan fingerprint density at radius 3 is 2.94 bits per heavy atom. The Bertz CT molecular complexity index is 338. The summed E-state index contributed by atoms with van der Waals surface area (Å²) in [7, 11) is 0. The lowest BCUT2D eigenvalue weighted by Crippen LogP contribution is -2.29. The molecular weight excluding hydrogens is 228 g/mol. The number of rotatable bonds is 7. The zero-order valence-corrected chi connectivity index (χ0v) is 9.59. The van der Waals surface area contributed by atoms with Crippen molar-refractivity contribution < 1.29 is 14.4 Å². The second-order valence-electron chi connectivity index (χ2n) is 3.21. The highest BCUT2D eigenvalue weighted by molar-refractivity contribution is 7.09. The first-order valence-corrected chi connectivity index (χ1v) is 5.78. The standard InChI is InChI=1S/C10H14N2O3S/c11-9(13)7-15-12-10(14)5-1-3-8-4-2-6-16-8/h2,4,6H,1,3,5,7H2,(H2,11,13)(H,12,14). The van der Waals surface area contributed by atoms with Crippen LogP contribution in [0.5, 0.6) is 0 Å². The topological polar surface area (TPSA) is 81.4 Å². The second-order valence-corrected chi connectivity index (χ2v) is 4.25. The maximum absolute atomic E-state index is 11.2. The lowest BCUT2D eigenvalue weighted by molar-refractivity contribution is -0.138. The first-order valence-electron chi connectivity index (χ1n) is 4.90. The Balaban J connectivity index is 2.04. The molecular formula is C10H14N2O3S. The van der Waals surface area contributed by atoms with E-state index in [0.29, 0.717) is 6.42 Å². The molecule has 1 rings (SSSR count). The van der Waals surface area contributed by atoms with E-state index in [9.17, 15) is 9.59 Å². The summed E-state index contributed by atoms with van der Waals surface area (Å²) in [5.74, 6) is -0.850. The first-order chi connectivity index (χ1) is 7.68. The van der Waals surface area contributed by atoms with E-state index in [1.54, 1.807) is 11.3 Å². The molecule has 88 valence electrons. The average molecular weight is 242 g/mol. The molecule has 1 aromatic rings. The van der Waals surface area contributed by atoms with E-state index in [0.717, 1.165) is 12.8 Å². The molecule has 3 N–H and O–H groups in total. The van der Waals surface area contributed by atoms with Crippen LogP contribution in [-0.2, 0) is 20.8 Å². The molecule has 0 saturated heterocycles. The molecule has 1 aromatic heterocycles. The number of hydrogen-bond acceptors (Lipinski definition) is 4. The zero-order valence-electron chi connectivity index (χ0n) is 8.77. The summed E-state index contributed by atoms with van der Waals surface area (Å²) >= 11 is 1.67. The van der Waals surface area contributed by atoms with Crippen LogP contribution < -0.4 is 11.2 Å². The highest BCUT2D eigenvalue weighted by Crippen LogP contribution is 2.11. The monoisotopic (exact) mass is 242 g/mol. The van der Waals surface area contributed by atoms with Gasteiger partial charge in [0.05, 0.1) is 0 Å². The third-order valence-electron chi connectivity index (χ3n) is 1.81. The van der Waals surface area contributed by atoms with Crippen LogP contribution in [0, 0.1) is 0 Å². The van der Waals surface area contributed by atoms with Crippen LogP contribution in [0.25, 0.3) is 0 Å². The number of primary amides is 1. The predicted octanol–water partition coefficient (Wildman–Crippen LogP) is 0.604. The lowest BCUT2D eigenvalue weighted by Gasteiger charge is -2.03. The van der Waals surface area contributed by atoms with E-state index >= 15 is 0 Å². The molecule has 0 saturated carbocycles. The molecule has 0 aliphatic rings. The highest BCUT2D eigenvalue weighted by atomic mass is 32.1. The number of thiophene rings is 1. The number of amides is 2. The largest absolute Gasteiger partial charge is 0.368 e. The smallest absolute Gasteiger partial charge is 0.246 e. The second kappa shape index (κ2) is 6.97. The number of nitrogens with two attached hydrogens (primary N) is 1. The van der Waals surface area contributed by atoms with Gasteiger partial charge in [-0.2, -0.15) is 0 Å². The molecule has 0 atom stereocenters. The Morgan fingerprint density at radius 1 is 1.50 bits per heavy atom. The van der Waals surface area contributed by atoms with E-state index in [4.69, 9.17) is 5.73 Å². The Labute approximate surface area is 97.5 Å². The predicted molar refractivity (Wildman–Crippen MR) is 60.5 cm³/mol. The summed E-state index contributed by atoms with van der Waals surface area (Å²) in [6.45, 7) is -0.295. The Kier molecular flexibility index (Phi) is 5.52. The molecule has 0 aromatic carbocycles. The van der Waals surface area contributed by atoms with Gasteiger partial charge in [-0.3, -0.25) is 14.4 Å². The number of nitrogens with one attached hydrogen (secondary N) is 1. The Morgan fingerprint density at radius 2 is 2.31 bits per heavy atom. The number of aryl methyl sites for hydroxylation is 1. The molecule has 6 heteroatoms. The number of carbonyl (C=O) groups is 2. The van der Waals surface area contributed by atoms with Gasteiger partial charge in [0.15, 0.2) is 6.61 Å². The minimum Gasteiger partial charge on any atom is -0.368 e. The SMILES string of the molecule is NC(=O)CONC(=O)CCCc1cccs1. The first kappa shape index (κ1) is 12.7. The van der Waals surface area contributed by atoms with E-state index < -0.39 is 5.91 Å². The van der Waals surface area contributed by atoms with E-state index in [2.05, 4.69) is 10.3 Å². The van der Waals surface area contributed by atoms with Crippen molar-refractivity contribution in [3.63, 3.8) is 0 Å². The lowest BCUT2D eigenvalue weighted by atomic mass is 10.2. The maximum atomic E-state index is 11.2. The average Bonchev–Trinajstić information content (AvgIpc) is 2.70. The van der Waals surface area contributed by atoms with Crippen molar-refractivity contribution in [1.29, 1.82) is 0 Å². The summed E-state index contributed by atoms with van der Waals surface area (Å²) in [6.07, 6.45) is 2.00. The van der Waals surface area contributed by atoms with Gasteiger partial charge in [0.1, 0.15) is 0 Å². The minimum absolute atomic E-state index is 0.238. The van der Waals surface area contributed by atoms with Crippen LogP contribution in [0.4, 0.5) is 0 Å². The quantitative estimate of drug-likeness (QED) is 0.687. The van der Waals surface area contributed by atoms with Gasteiger partial charge in [0.25, 0.3) is 0 Å². The van der Waals surface area contributed by atoms with Gasteiger partial charge in [-0.25, -0.2) is 5.48 Å². The summed E-state index contributed by atoms with van der Waals surface area (Å²) in [5.41, 5.74) is 6.99. The van der Waals surface area contributed by atoms with Gasteiger partial charge in [0, 0.05) is 11.3 Å². The van der Waals surface area contributed by atoms with Gasteiger partial charge >= 0.3 is 0 Å². The molecule has 0 radical (unpaired) electrons. The Hall–Kier alpha value is -1.40. The fraction of sp³-hybridized carbons (Fsp3) is 0.400. The summed E-state index contributed by atoms with van der Waals surface area (Å²) in [5, 5.41) is 2.01. The summed E-state index contributed by atoms with van der Waals surface area (Å²) < 4.78 is 0. The van der Waals surface area contributed by atoms with Crippen LogP contribution in [-0.4, -0.2) is 18.4 Å². The van der Waals surface area contributed by atoms with E-state index in [1.165, 1.54) is 4.88 Å². The molecule has 1 heterocycles. The van der Waals surface area contributed by atoms with Gasteiger partial charge in [-0.05, 0) is 24.3 Å².